The summed E-state index contributed by atoms with van der Waals surface area (Å²) in [5, 5.41) is 19.9. The zero-order chi connectivity index (χ0) is 13.3. The van der Waals surface area contributed by atoms with Gasteiger partial charge in [0, 0.05) is 11.2 Å². The van der Waals surface area contributed by atoms with Gasteiger partial charge in [-0.15, -0.1) is 12.4 Å². The van der Waals surface area contributed by atoms with Gasteiger partial charge in [0.2, 0.25) is 0 Å². The number of hydrogen-bond donors (Lipinski definition) is 3. The van der Waals surface area contributed by atoms with Gasteiger partial charge in [0.25, 0.3) is 0 Å². The third kappa shape index (κ3) is 3.88. The second kappa shape index (κ2) is 5.93. The molecule has 0 amide bonds. The van der Waals surface area contributed by atoms with E-state index in [1.54, 1.807) is 52.0 Å². The van der Waals surface area contributed by atoms with Gasteiger partial charge in [-0.25, -0.2) is 0 Å². The summed E-state index contributed by atoms with van der Waals surface area (Å²) in [5.41, 5.74) is 4.75. The summed E-state index contributed by atoms with van der Waals surface area (Å²) in [5.74, 6) is 0. The molecule has 0 aliphatic carbocycles. The highest BCUT2D eigenvalue weighted by Gasteiger charge is 2.39. The minimum absolute atomic E-state index is 0. The first kappa shape index (κ1) is 17.3. The monoisotopic (exact) mass is 273 g/mol. The van der Waals surface area contributed by atoms with Crippen LogP contribution >= 0.6 is 12.4 Å². The zero-order valence-corrected chi connectivity index (χ0v) is 12.0. The molecule has 0 radical (unpaired) electrons. The second-order valence-electron chi connectivity index (χ2n) is 5.17. The lowest BCUT2D eigenvalue weighted by Gasteiger charge is -2.38. The predicted octanol–water partition coefficient (Wildman–Crippen LogP) is 0.944. The molecule has 1 rings (SSSR count). The molecule has 102 valence electrons. The van der Waals surface area contributed by atoms with E-state index < -0.39 is 18.3 Å². The summed E-state index contributed by atoms with van der Waals surface area (Å²) in [6.07, 6.45) is 0. The van der Waals surface area contributed by atoms with E-state index in [-0.39, 0.29) is 12.4 Å². The first-order valence-corrected chi connectivity index (χ1v) is 5.58. The quantitative estimate of drug-likeness (QED) is 0.564. The Morgan fingerprint density at radius 2 is 1.67 bits per heavy atom. The van der Waals surface area contributed by atoms with Crippen molar-refractivity contribution >= 4 is 30.7 Å². The van der Waals surface area contributed by atoms with Crippen LogP contribution in [0.15, 0.2) is 24.3 Å². The maximum Gasteiger partial charge on any atom is 0.493 e. The van der Waals surface area contributed by atoms with Crippen molar-refractivity contribution in [1.82, 2.24) is 0 Å². The normalized spacial score (nSPS) is 11.9. The Labute approximate surface area is 115 Å². The Balaban J connectivity index is 0.00000289. The highest BCUT2D eigenvalue weighted by Crippen LogP contribution is 2.25. The van der Waals surface area contributed by atoms with Gasteiger partial charge in [0.1, 0.15) is 0 Å². The van der Waals surface area contributed by atoms with Gasteiger partial charge in [-0.2, -0.15) is 0 Å². The Bertz CT molecular complexity index is 393. The lowest BCUT2D eigenvalue weighted by Crippen LogP contribution is -2.53. The first-order valence-electron chi connectivity index (χ1n) is 5.58. The van der Waals surface area contributed by atoms with E-state index in [4.69, 9.17) is 10.4 Å². The first-order chi connectivity index (χ1) is 7.65. The molecule has 0 aliphatic heterocycles. The maximum atomic E-state index is 9.99. The number of para-hydroxylation sites is 1. The van der Waals surface area contributed by atoms with Crippen LogP contribution in [-0.4, -0.2) is 28.5 Å². The van der Waals surface area contributed by atoms with E-state index in [1.807, 2.05) is 0 Å². The molecule has 0 bridgehead atoms. The molecule has 0 saturated heterocycles. The molecule has 0 heterocycles. The van der Waals surface area contributed by atoms with Crippen molar-refractivity contribution in [2.24, 2.45) is 0 Å². The predicted molar refractivity (Wildman–Crippen MR) is 77.2 cm³/mol. The Hall–Kier alpha value is -0.745. The molecule has 0 saturated carbocycles. The number of anilines is 1. The zero-order valence-electron chi connectivity index (χ0n) is 11.2. The summed E-state index contributed by atoms with van der Waals surface area (Å²) >= 11 is 0. The fourth-order valence-corrected chi connectivity index (χ4v) is 1.22. The standard InChI is InChI=1S/C12H20BNO3.ClH/c1-11(2,15)12(3,4)17-13(16)9-7-5-6-8-10(9)14;/h5-8,15-16H,14H2,1-4H3;1H. The summed E-state index contributed by atoms with van der Waals surface area (Å²) in [6.45, 7) is 6.70. The molecule has 0 atom stereocenters. The molecule has 1 aromatic carbocycles. The average molecular weight is 274 g/mol. The molecule has 0 aliphatic rings. The van der Waals surface area contributed by atoms with Crippen molar-refractivity contribution in [1.29, 1.82) is 0 Å². The lowest BCUT2D eigenvalue weighted by atomic mass is 9.75. The molecular formula is C12H21BClNO3. The smallest absolute Gasteiger partial charge is 0.423 e. The van der Waals surface area contributed by atoms with E-state index in [1.165, 1.54) is 0 Å². The summed E-state index contributed by atoms with van der Waals surface area (Å²) in [4.78, 5) is 0. The fourth-order valence-electron chi connectivity index (χ4n) is 1.22. The molecule has 4 N–H and O–H groups in total. The number of aliphatic hydroxyl groups is 1. The molecule has 0 spiro atoms. The van der Waals surface area contributed by atoms with Gasteiger partial charge < -0.3 is 20.5 Å². The number of nitrogen functional groups attached to an aromatic ring is 1. The molecule has 1 aromatic rings. The van der Waals surface area contributed by atoms with Crippen molar-refractivity contribution in [3.05, 3.63) is 24.3 Å². The Morgan fingerprint density at radius 3 is 2.11 bits per heavy atom. The average Bonchev–Trinajstić information content (AvgIpc) is 2.15. The van der Waals surface area contributed by atoms with Gasteiger partial charge in [-0.05, 0) is 33.8 Å². The number of rotatable bonds is 4. The van der Waals surface area contributed by atoms with Crippen molar-refractivity contribution in [2.45, 2.75) is 38.9 Å². The summed E-state index contributed by atoms with van der Waals surface area (Å²) < 4.78 is 5.49. The van der Waals surface area contributed by atoms with E-state index >= 15 is 0 Å². The van der Waals surface area contributed by atoms with Gasteiger partial charge in [0.05, 0.1) is 11.2 Å². The third-order valence-electron chi connectivity index (χ3n) is 3.14. The van der Waals surface area contributed by atoms with Crippen LogP contribution in [0.4, 0.5) is 5.69 Å². The van der Waals surface area contributed by atoms with Crippen molar-refractivity contribution in [3.63, 3.8) is 0 Å². The molecule has 0 unspecified atom stereocenters. The van der Waals surface area contributed by atoms with Crippen LogP contribution in [0.3, 0.4) is 0 Å². The van der Waals surface area contributed by atoms with Crippen molar-refractivity contribution < 1.29 is 14.8 Å². The highest BCUT2D eigenvalue weighted by atomic mass is 35.5. The minimum Gasteiger partial charge on any atom is -0.423 e. The van der Waals surface area contributed by atoms with Gasteiger partial charge in [-0.1, -0.05) is 18.2 Å². The SMILES string of the molecule is CC(C)(O)C(C)(C)OB(O)c1ccccc1N.Cl. The van der Waals surface area contributed by atoms with Crippen LogP contribution in [0.2, 0.25) is 0 Å². The number of nitrogens with two attached hydrogens (primary N) is 1. The van der Waals surface area contributed by atoms with Crippen LogP contribution in [0.25, 0.3) is 0 Å². The van der Waals surface area contributed by atoms with Crippen LogP contribution in [0, 0.1) is 0 Å². The number of hydrogen-bond acceptors (Lipinski definition) is 4. The van der Waals surface area contributed by atoms with Crippen molar-refractivity contribution in [2.75, 3.05) is 5.73 Å². The molecule has 4 nitrogen and oxygen atoms in total. The van der Waals surface area contributed by atoms with Gasteiger partial charge in [0.15, 0.2) is 0 Å². The molecule has 0 fully saturated rings. The molecule has 18 heavy (non-hydrogen) atoms. The topological polar surface area (TPSA) is 75.7 Å². The van der Waals surface area contributed by atoms with E-state index in [0.29, 0.717) is 11.2 Å². The summed E-state index contributed by atoms with van der Waals surface area (Å²) in [7, 11) is -1.15. The Kier molecular flexibility index (Phi) is 5.69. The third-order valence-corrected chi connectivity index (χ3v) is 3.14. The Morgan fingerprint density at radius 1 is 1.17 bits per heavy atom. The van der Waals surface area contributed by atoms with Crippen LogP contribution in [0.5, 0.6) is 0 Å². The van der Waals surface area contributed by atoms with Gasteiger partial charge in [-0.3, -0.25) is 0 Å². The highest BCUT2D eigenvalue weighted by molar-refractivity contribution is 6.61. The minimum atomic E-state index is -1.15. The molecule has 0 aromatic heterocycles. The number of benzene rings is 1. The van der Waals surface area contributed by atoms with E-state index in [2.05, 4.69) is 0 Å². The summed E-state index contributed by atoms with van der Waals surface area (Å²) in [6, 6.07) is 6.95. The number of halogens is 1. The van der Waals surface area contributed by atoms with E-state index in [0.717, 1.165) is 0 Å². The van der Waals surface area contributed by atoms with Crippen LogP contribution in [-0.2, 0) is 4.65 Å². The molecular weight excluding hydrogens is 252 g/mol. The second-order valence-corrected chi connectivity index (χ2v) is 5.17. The molecule has 6 heteroatoms. The fraction of sp³-hybridized carbons (Fsp3) is 0.500. The van der Waals surface area contributed by atoms with Crippen LogP contribution in [0.1, 0.15) is 27.7 Å². The van der Waals surface area contributed by atoms with Gasteiger partial charge >= 0.3 is 7.12 Å². The van der Waals surface area contributed by atoms with E-state index in [9.17, 15) is 10.1 Å². The largest absolute Gasteiger partial charge is 0.493 e. The van der Waals surface area contributed by atoms with Crippen LogP contribution < -0.4 is 11.2 Å². The maximum absolute atomic E-state index is 9.99. The lowest BCUT2D eigenvalue weighted by molar-refractivity contribution is -0.0982. The van der Waals surface area contributed by atoms with Crippen molar-refractivity contribution in [3.8, 4) is 0 Å².